The number of aliphatic carboxylic acids is 1. The maximum Gasteiger partial charge on any atom is 0.323 e. The first kappa shape index (κ1) is 12.4. The quantitative estimate of drug-likeness (QED) is 0.880. The number of carboxylic acids is 1. The van der Waals surface area contributed by atoms with E-state index in [1.807, 2.05) is 32.9 Å². The molecule has 4 heteroatoms. The zero-order chi connectivity index (χ0) is 13.4. The summed E-state index contributed by atoms with van der Waals surface area (Å²) in [6.45, 7) is 5.44. The second-order valence-corrected chi connectivity index (χ2v) is 4.62. The Hall–Kier alpha value is -2.10. The summed E-state index contributed by atoms with van der Waals surface area (Å²) < 4.78 is 1.32. The van der Waals surface area contributed by atoms with Gasteiger partial charge in [0.15, 0.2) is 0 Å². The molecule has 1 aromatic carbocycles. The van der Waals surface area contributed by atoms with Gasteiger partial charge in [0.2, 0.25) is 0 Å². The van der Waals surface area contributed by atoms with Crippen LogP contribution in [0.2, 0.25) is 0 Å². The molecule has 1 heterocycles. The maximum atomic E-state index is 11.9. The molecule has 0 saturated carbocycles. The summed E-state index contributed by atoms with van der Waals surface area (Å²) in [4.78, 5) is 22.8. The van der Waals surface area contributed by atoms with E-state index in [0.29, 0.717) is 5.52 Å². The Morgan fingerprint density at radius 2 is 1.83 bits per heavy atom. The fourth-order valence-corrected chi connectivity index (χ4v) is 2.36. The number of pyridine rings is 1. The molecule has 2 rings (SSSR count). The highest BCUT2D eigenvalue weighted by molar-refractivity contribution is 5.86. The molecular formula is C14H15NO3. The first-order valence-electron chi connectivity index (χ1n) is 5.73. The zero-order valence-electron chi connectivity index (χ0n) is 10.7. The topological polar surface area (TPSA) is 59.3 Å². The summed E-state index contributed by atoms with van der Waals surface area (Å²) >= 11 is 0. The number of nitrogens with zero attached hydrogens (tertiary/aromatic N) is 1. The Labute approximate surface area is 104 Å². The van der Waals surface area contributed by atoms with Gasteiger partial charge in [-0.25, -0.2) is 0 Å². The number of aromatic nitrogens is 1. The molecule has 0 atom stereocenters. The van der Waals surface area contributed by atoms with Gasteiger partial charge in [-0.15, -0.1) is 0 Å². The van der Waals surface area contributed by atoms with Crippen LogP contribution in [0.3, 0.4) is 0 Å². The number of hydrogen-bond acceptors (Lipinski definition) is 2. The van der Waals surface area contributed by atoms with Gasteiger partial charge >= 0.3 is 5.97 Å². The van der Waals surface area contributed by atoms with Crippen LogP contribution in [0.5, 0.6) is 0 Å². The summed E-state index contributed by atoms with van der Waals surface area (Å²) in [5.74, 6) is -1.01. The molecule has 0 spiro atoms. The fourth-order valence-electron chi connectivity index (χ4n) is 2.36. The number of hydrogen-bond donors (Lipinski definition) is 1. The number of rotatable bonds is 2. The van der Waals surface area contributed by atoms with E-state index in [4.69, 9.17) is 5.11 Å². The molecule has 0 bridgehead atoms. The van der Waals surface area contributed by atoms with Crippen LogP contribution in [0.15, 0.2) is 23.0 Å². The van der Waals surface area contributed by atoms with Gasteiger partial charge in [0.05, 0.1) is 5.52 Å². The molecule has 1 aromatic heterocycles. The lowest BCUT2D eigenvalue weighted by Gasteiger charge is -2.13. The summed E-state index contributed by atoms with van der Waals surface area (Å²) in [5.41, 5.74) is 3.35. The van der Waals surface area contributed by atoms with Gasteiger partial charge < -0.3 is 5.11 Å². The Morgan fingerprint density at radius 3 is 2.44 bits per heavy atom. The second-order valence-electron chi connectivity index (χ2n) is 4.62. The van der Waals surface area contributed by atoms with Gasteiger partial charge in [-0.1, -0.05) is 11.6 Å². The first-order valence-corrected chi connectivity index (χ1v) is 5.73. The molecule has 0 fully saturated rings. The minimum absolute atomic E-state index is 0.269. The van der Waals surface area contributed by atoms with Gasteiger partial charge in [-0.2, -0.15) is 0 Å². The van der Waals surface area contributed by atoms with Crippen molar-refractivity contribution in [3.63, 3.8) is 0 Å². The van der Waals surface area contributed by atoms with Gasteiger partial charge in [0.25, 0.3) is 5.56 Å². The van der Waals surface area contributed by atoms with E-state index in [9.17, 15) is 9.59 Å². The molecule has 94 valence electrons. The zero-order valence-corrected chi connectivity index (χ0v) is 10.7. The minimum Gasteiger partial charge on any atom is -0.480 e. The molecule has 0 unspecified atom stereocenters. The smallest absolute Gasteiger partial charge is 0.323 e. The third kappa shape index (κ3) is 2.01. The number of aryl methyl sites for hydroxylation is 3. The fraction of sp³-hybridized carbons (Fsp3) is 0.286. The summed E-state index contributed by atoms with van der Waals surface area (Å²) in [6.07, 6.45) is 0. The standard InChI is InChI=1S/C14H15NO3/c1-8-4-10(3)14-11(5-8)9(2)6-12(16)15(14)7-13(17)18/h4-6H,7H2,1-3H3,(H,17,18). The predicted octanol–water partition coefficient (Wildman–Crippen LogP) is 2.01. The van der Waals surface area contributed by atoms with E-state index < -0.39 is 5.97 Å². The first-order chi connectivity index (χ1) is 8.40. The molecule has 0 aliphatic rings. The van der Waals surface area contributed by atoms with Crippen molar-refractivity contribution in [2.75, 3.05) is 0 Å². The van der Waals surface area contributed by atoms with Crippen molar-refractivity contribution in [3.05, 3.63) is 45.2 Å². The van der Waals surface area contributed by atoms with E-state index in [0.717, 1.165) is 22.1 Å². The highest BCUT2D eigenvalue weighted by Crippen LogP contribution is 2.22. The third-order valence-electron chi connectivity index (χ3n) is 3.04. The lowest BCUT2D eigenvalue weighted by molar-refractivity contribution is -0.137. The largest absolute Gasteiger partial charge is 0.480 e. The highest BCUT2D eigenvalue weighted by Gasteiger charge is 2.11. The number of carbonyl (C=O) groups is 1. The van der Waals surface area contributed by atoms with E-state index in [1.54, 1.807) is 0 Å². The molecule has 1 N–H and O–H groups in total. The van der Waals surface area contributed by atoms with Crippen molar-refractivity contribution >= 4 is 16.9 Å². The van der Waals surface area contributed by atoms with E-state index in [-0.39, 0.29) is 12.1 Å². The van der Waals surface area contributed by atoms with E-state index in [1.165, 1.54) is 10.6 Å². The molecule has 18 heavy (non-hydrogen) atoms. The molecule has 0 saturated heterocycles. The van der Waals surface area contributed by atoms with Crippen molar-refractivity contribution in [2.45, 2.75) is 27.3 Å². The molecular weight excluding hydrogens is 230 g/mol. The maximum absolute atomic E-state index is 11.9. The Bertz CT molecular complexity index is 698. The molecule has 0 radical (unpaired) electrons. The van der Waals surface area contributed by atoms with E-state index >= 15 is 0 Å². The lowest BCUT2D eigenvalue weighted by atomic mass is 10.0. The lowest BCUT2D eigenvalue weighted by Crippen LogP contribution is -2.24. The molecule has 2 aromatic rings. The monoisotopic (exact) mass is 245 g/mol. The number of carboxylic acid groups (broad SMARTS) is 1. The molecule has 0 aliphatic carbocycles. The number of fused-ring (bicyclic) bond motifs is 1. The van der Waals surface area contributed by atoms with Gasteiger partial charge in [-0.3, -0.25) is 14.2 Å². The Morgan fingerprint density at radius 1 is 1.17 bits per heavy atom. The van der Waals surface area contributed by atoms with Gasteiger partial charge in [-0.05, 0) is 38.0 Å². The number of benzene rings is 1. The Balaban J connectivity index is 2.93. The average molecular weight is 245 g/mol. The van der Waals surface area contributed by atoms with Gasteiger partial charge in [0.1, 0.15) is 6.54 Å². The SMILES string of the molecule is Cc1cc(C)c2c(c1)c(C)cc(=O)n2CC(=O)O. The van der Waals surface area contributed by atoms with Gasteiger partial charge in [0, 0.05) is 11.5 Å². The van der Waals surface area contributed by atoms with Crippen LogP contribution >= 0.6 is 0 Å². The molecule has 0 aliphatic heterocycles. The highest BCUT2D eigenvalue weighted by atomic mass is 16.4. The average Bonchev–Trinajstić information content (AvgIpc) is 2.23. The Kier molecular flexibility index (Phi) is 2.95. The summed E-state index contributed by atoms with van der Waals surface area (Å²) in [7, 11) is 0. The minimum atomic E-state index is -1.01. The van der Waals surface area contributed by atoms with Crippen molar-refractivity contribution in [3.8, 4) is 0 Å². The van der Waals surface area contributed by atoms with Crippen molar-refractivity contribution in [1.29, 1.82) is 0 Å². The predicted molar refractivity (Wildman–Crippen MR) is 70.1 cm³/mol. The van der Waals surface area contributed by atoms with Crippen molar-refractivity contribution in [1.82, 2.24) is 4.57 Å². The normalized spacial score (nSPS) is 10.8. The van der Waals surface area contributed by atoms with Crippen LogP contribution in [-0.4, -0.2) is 15.6 Å². The van der Waals surface area contributed by atoms with Crippen LogP contribution < -0.4 is 5.56 Å². The van der Waals surface area contributed by atoms with Crippen LogP contribution in [0.4, 0.5) is 0 Å². The summed E-state index contributed by atoms with van der Waals surface area (Å²) in [5, 5.41) is 9.84. The summed E-state index contributed by atoms with van der Waals surface area (Å²) in [6, 6.07) is 5.43. The molecule has 4 nitrogen and oxygen atoms in total. The molecule has 0 amide bonds. The third-order valence-corrected chi connectivity index (χ3v) is 3.04. The van der Waals surface area contributed by atoms with E-state index in [2.05, 4.69) is 0 Å². The van der Waals surface area contributed by atoms with Crippen LogP contribution in [0, 0.1) is 20.8 Å². The van der Waals surface area contributed by atoms with Crippen molar-refractivity contribution in [2.24, 2.45) is 0 Å². The van der Waals surface area contributed by atoms with Crippen LogP contribution in [0.25, 0.3) is 10.9 Å². The van der Waals surface area contributed by atoms with Crippen LogP contribution in [0.1, 0.15) is 16.7 Å². The van der Waals surface area contributed by atoms with Crippen molar-refractivity contribution < 1.29 is 9.90 Å². The van der Waals surface area contributed by atoms with Crippen LogP contribution in [-0.2, 0) is 11.3 Å². The second kappa shape index (κ2) is 4.29.